The smallest absolute Gasteiger partial charge is 0.133 e. The summed E-state index contributed by atoms with van der Waals surface area (Å²) in [6.07, 6.45) is 0.707. The molecule has 0 radical (unpaired) electrons. The first-order chi connectivity index (χ1) is 9.11. The second-order valence-electron chi connectivity index (χ2n) is 4.30. The summed E-state index contributed by atoms with van der Waals surface area (Å²) >= 11 is 9.62. The van der Waals surface area contributed by atoms with Crippen molar-refractivity contribution in [3.05, 3.63) is 63.1 Å². The minimum absolute atomic E-state index is 0.0953. The summed E-state index contributed by atoms with van der Waals surface area (Å²) in [6, 6.07) is 13.5. The monoisotopic (exact) mass is 339 g/mol. The SMILES string of the molecule is COc1ccc(C(N)Cc2ccccc2Cl)cc1Br. The third-order valence-electron chi connectivity index (χ3n) is 3.00. The number of hydrogen-bond donors (Lipinski definition) is 1. The van der Waals surface area contributed by atoms with Crippen molar-refractivity contribution in [2.75, 3.05) is 7.11 Å². The largest absolute Gasteiger partial charge is 0.496 e. The van der Waals surface area contributed by atoms with E-state index in [0.29, 0.717) is 6.42 Å². The van der Waals surface area contributed by atoms with Gasteiger partial charge in [-0.15, -0.1) is 0 Å². The Bertz CT molecular complexity index is 574. The van der Waals surface area contributed by atoms with Gasteiger partial charge in [-0.2, -0.15) is 0 Å². The molecule has 2 aromatic rings. The van der Waals surface area contributed by atoms with E-state index in [1.54, 1.807) is 7.11 Å². The van der Waals surface area contributed by atoms with Crippen molar-refractivity contribution >= 4 is 27.5 Å². The zero-order chi connectivity index (χ0) is 13.8. The summed E-state index contributed by atoms with van der Waals surface area (Å²) in [5.74, 6) is 0.800. The second-order valence-corrected chi connectivity index (χ2v) is 5.56. The Labute approximate surface area is 126 Å². The fraction of sp³-hybridized carbons (Fsp3) is 0.200. The molecule has 4 heteroatoms. The van der Waals surface area contributed by atoms with Crippen LogP contribution in [0.25, 0.3) is 0 Å². The van der Waals surface area contributed by atoms with Crippen molar-refractivity contribution in [1.82, 2.24) is 0 Å². The van der Waals surface area contributed by atoms with Gasteiger partial charge in [0, 0.05) is 11.1 Å². The molecule has 0 aliphatic heterocycles. The molecular weight excluding hydrogens is 326 g/mol. The number of halogens is 2. The van der Waals surface area contributed by atoms with Crippen LogP contribution in [0.1, 0.15) is 17.2 Å². The van der Waals surface area contributed by atoms with Gasteiger partial charge in [0.1, 0.15) is 5.75 Å². The minimum Gasteiger partial charge on any atom is -0.496 e. The van der Waals surface area contributed by atoms with Crippen LogP contribution in [0.15, 0.2) is 46.9 Å². The van der Waals surface area contributed by atoms with E-state index in [1.807, 2.05) is 42.5 Å². The Morgan fingerprint density at radius 3 is 2.63 bits per heavy atom. The van der Waals surface area contributed by atoms with E-state index in [-0.39, 0.29) is 6.04 Å². The van der Waals surface area contributed by atoms with E-state index < -0.39 is 0 Å². The van der Waals surface area contributed by atoms with Gasteiger partial charge in [0.25, 0.3) is 0 Å². The number of rotatable bonds is 4. The molecule has 2 rings (SSSR count). The maximum atomic E-state index is 6.24. The first-order valence-electron chi connectivity index (χ1n) is 5.94. The molecule has 0 spiro atoms. The van der Waals surface area contributed by atoms with Crippen LogP contribution in [0.5, 0.6) is 5.75 Å². The van der Waals surface area contributed by atoms with Crippen molar-refractivity contribution in [2.24, 2.45) is 5.73 Å². The van der Waals surface area contributed by atoms with Gasteiger partial charge in [0.05, 0.1) is 11.6 Å². The van der Waals surface area contributed by atoms with Crippen LogP contribution in [0, 0.1) is 0 Å². The number of methoxy groups -OCH3 is 1. The maximum absolute atomic E-state index is 6.24. The van der Waals surface area contributed by atoms with E-state index in [0.717, 1.165) is 26.4 Å². The van der Waals surface area contributed by atoms with E-state index >= 15 is 0 Å². The van der Waals surface area contributed by atoms with E-state index in [9.17, 15) is 0 Å². The summed E-state index contributed by atoms with van der Waals surface area (Å²) in [4.78, 5) is 0. The summed E-state index contributed by atoms with van der Waals surface area (Å²) < 4.78 is 6.11. The topological polar surface area (TPSA) is 35.2 Å². The van der Waals surface area contributed by atoms with Crippen LogP contribution in [0.2, 0.25) is 5.02 Å². The Hall–Kier alpha value is -1.03. The van der Waals surface area contributed by atoms with Gasteiger partial charge in [-0.1, -0.05) is 35.9 Å². The van der Waals surface area contributed by atoms with E-state index in [2.05, 4.69) is 15.9 Å². The van der Waals surface area contributed by atoms with Crippen LogP contribution in [0.4, 0.5) is 0 Å². The third kappa shape index (κ3) is 3.50. The highest BCUT2D eigenvalue weighted by atomic mass is 79.9. The molecule has 0 heterocycles. The molecule has 2 aromatic carbocycles. The highest BCUT2D eigenvalue weighted by Gasteiger charge is 2.11. The van der Waals surface area contributed by atoms with Gasteiger partial charge < -0.3 is 10.5 Å². The normalized spacial score (nSPS) is 12.2. The first kappa shape index (κ1) is 14.4. The molecule has 100 valence electrons. The van der Waals surface area contributed by atoms with Crippen LogP contribution < -0.4 is 10.5 Å². The van der Waals surface area contributed by atoms with Gasteiger partial charge in [0.2, 0.25) is 0 Å². The quantitative estimate of drug-likeness (QED) is 0.898. The predicted molar refractivity (Wildman–Crippen MR) is 82.8 cm³/mol. The maximum Gasteiger partial charge on any atom is 0.133 e. The molecule has 0 saturated carbocycles. The fourth-order valence-electron chi connectivity index (χ4n) is 1.93. The molecule has 1 atom stereocenters. The van der Waals surface area contributed by atoms with Gasteiger partial charge in [-0.3, -0.25) is 0 Å². The van der Waals surface area contributed by atoms with Gasteiger partial charge in [-0.25, -0.2) is 0 Å². The summed E-state index contributed by atoms with van der Waals surface area (Å²) in [5, 5.41) is 0.755. The first-order valence-corrected chi connectivity index (χ1v) is 7.11. The summed E-state index contributed by atoms with van der Waals surface area (Å²) in [5.41, 5.74) is 8.34. The number of nitrogens with two attached hydrogens (primary N) is 1. The molecule has 1 unspecified atom stereocenters. The molecule has 19 heavy (non-hydrogen) atoms. The van der Waals surface area contributed by atoms with Gasteiger partial charge >= 0.3 is 0 Å². The van der Waals surface area contributed by atoms with E-state index in [4.69, 9.17) is 22.1 Å². The lowest BCUT2D eigenvalue weighted by Gasteiger charge is -2.14. The average molecular weight is 341 g/mol. The molecule has 0 aliphatic carbocycles. The molecule has 0 bridgehead atoms. The average Bonchev–Trinajstić information content (AvgIpc) is 2.41. The molecule has 2 nitrogen and oxygen atoms in total. The lowest BCUT2D eigenvalue weighted by atomic mass is 9.99. The van der Waals surface area contributed by atoms with Crippen LogP contribution in [-0.4, -0.2) is 7.11 Å². The fourth-order valence-corrected chi connectivity index (χ4v) is 2.70. The summed E-state index contributed by atoms with van der Waals surface area (Å²) in [6.45, 7) is 0. The van der Waals surface area contributed by atoms with Crippen molar-refractivity contribution < 1.29 is 4.74 Å². The Morgan fingerprint density at radius 1 is 1.26 bits per heavy atom. The predicted octanol–water partition coefficient (Wildman–Crippen LogP) is 4.35. The molecule has 0 amide bonds. The Balaban J connectivity index is 2.18. The zero-order valence-electron chi connectivity index (χ0n) is 10.6. The minimum atomic E-state index is -0.0953. The molecular formula is C15H15BrClNO. The van der Waals surface area contributed by atoms with Crippen LogP contribution >= 0.6 is 27.5 Å². The lowest BCUT2D eigenvalue weighted by Crippen LogP contribution is -2.13. The molecule has 0 aromatic heterocycles. The summed E-state index contributed by atoms with van der Waals surface area (Å²) in [7, 11) is 1.64. The van der Waals surface area contributed by atoms with Crippen molar-refractivity contribution in [1.29, 1.82) is 0 Å². The molecule has 2 N–H and O–H groups in total. The van der Waals surface area contributed by atoms with Crippen LogP contribution in [0.3, 0.4) is 0 Å². The van der Waals surface area contributed by atoms with Crippen LogP contribution in [-0.2, 0) is 6.42 Å². The molecule has 0 fully saturated rings. The number of ether oxygens (including phenoxy) is 1. The number of benzene rings is 2. The van der Waals surface area contributed by atoms with Crippen molar-refractivity contribution in [3.8, 4) is 5.75 Å². The van der Waals surface area contributed by atoms with Gasteiger partial charge in [0.15, 0.2) is 0 Å². The second kappa shape index (κ2) is 6.42. The highest BCUT2D eigenvalue weighted by molar-refractivity contribution is 9.10. The Morgan fingerprint density at radius 2 is 2.00 bits per heavy atom. The Kier molecular flexibility index (Phi) is 4.86. The molecule has 0 saturated heterocycles. The van der Waals surface area contributed by atoms with Gasteiger partial charge in [-0.05, 0) is 51.7 Å². The lowest BCUT2D eigenvalue weighted by molar-refractivity contribution is 0.412. The van der Waals surface area contributed by atoms with Crippen molar-refractivity contribution in [3.63, 3.8) is 0 Å². The van der Waals surface area contributed by atoms with E-state index in [1.165, 1.54) is 0 Å². The highest BCUT2D eigenvalue weighted by Crippen LogP contribution is 2.29. The number of hydrogen-bond acceptors (Lipinski definition) is 2. The zero-order valence-corrected chi connectivity index (χ0v) is 12.9. The standard InChI is InChI=1S/C15H15BrClNO/c1-19-15-7-6-11(8-12(15)16)14(18)9-10-4-2-3-5-13(10)17/h2-8,14H,9,18H2,1H3. The van der Waals surface area contributed by atoms with Crippen molar-refractivity contribution in [2.45, 2.75) is 12.5 Å². The third-order valence-corrected chi connectivity index (χ3v) is 3.99. The molecule has 0 aliphatic rings.